The van der Waals surface area contributed by atoms with Crippen molar-refractivity contribution in [3.8, 4) is 5.75 Å². The van der Waals surface area contributed by atoms with E-state index in [1.54, 1.807) is 12.1 Å². The number of hydrogen-bond acceptors (Lipinski definition) is 5. The molecule has 0 bridgehead atoms. The quantitative estimate of drug-likeness (QED) is 0.362. The van der Waals surface area contributed by atoms with Gasteiger partial charge in [-0.15, -0.1) is 0 Å². The lowest BCUT2D eigenvalue weighted by Crippen LogP contribution is -2.13. The maximum Gasteiger partial charge on any atom is 0.378 e. The number of rotatable bonds is 7. The number of carbonyl (C=O) groups is 2. The highest BCUT2D eigenvalue weighted by Crippen LogP contribution is 2.23. The van der Waals surface area contributed by atoms with E-state index in [0.29, 0.717) is 24.3 Å². The molecule has 5 heteroatoms. The second kappa shape index (κ2) is 8.09. The van der Waals surface area contributed by atoms with E-state index >= 15 is 0 Å². The molecule has 0 heterocycles. The summed E-state index contributed by atoms with van der Waals surface area (Å²) in [4.78, 5) is 22.5. The highest BCUT2D eigenvalue weighted by molar-refractivity contribution is 6.39. The minimum atomic E-state index is -1.01. The molecule has 0 unspecified atom stereocenters. The second-order valence-corrected chi connectivity index (χ2v) is 4.41. The minimum absolute atomic E-state index is 0.260. The number of aliphatic hydroxyl groups excluding tert-OH is 1. The van der Waals surface area contributed by atoms with Crippen molar-refractivity contribution in [2.75, 3.05) is 13.7 Å². The van der Waals surface area contributed by atoms with Crippen molar-refractivity contribution >= 4 is 17.5 Å². The third-order valence-corrected chi connectivity index (χ3v) is 2.86. The van der Waals surface area contributed by atoms with Crippen molar-refractivity contribution in [1.82, 2.24) is 0 Å². The molecular weight excluding hydrogens is 272 g/mol. The van der Waals surface area contributed by atoms with Crippen LogP contribution in [0.4, 0.5) is 0 Å². The predicted octanol–water partition coefficient (Wildman–Crippen LogP) is 2.68. The Balaban J connectivity index is 3.03. The molecular formula is C16H20O5. The lowest BCUT2D eigenvalue weighted by molar-refractivity contribution is -0.149. The van der Waals surface area contributed by atoms with Crippen LogP contribution in [-0.4, -0.2) is 30.6 Å². The third kappa shape index (κ3) is 4.63. The summed E-state index contributed by atoms with van der Waals surface area (Å²) < 4.78 is 9.83. The zero-order chi connectivity index (χ0) is 15.8. The molecule has 1 aromatic rings. The van der Waals surface area contributed by atoms with E-state index in [0.717, 1.165) is 25.2 Å². The number of esters is 1. The minimum Gasteiger partial charge on any atom is -0.507 e. The molecule has 0 saturated carbocycles. The Kier molecular flexibility index (Phi) is 6.46. The number of carbonyl (C=O) groups excluding carboxylic acids is 2. The molecule has 1 N–H and O–H groups in total. The van der Waals surface area contributed by atoms with Crippen LogP contribution in [-0.2, 0) is 20.7 Å². The van der Waals surface area contributed by atoms with Gasteiger partial charge in [-0.25, -0.2) is 4.79 Å². The molecule has 0 aliphatic heterocycles. The average Bonchev–Trinajstić information content (AvgIpc) is 2.51. The Morgan fingerprint density at radius 2 is 2.00 bits per heavy atom. The van der Waals surface area contributed by atoms with Gasteiger partial charge >= 0.3 is 5.97 Å². The number of ketones is 1. The van der Waals surface area contributed by atoms with E-state index in [1.807, 2.05) is 19.9 Å². The second-order valence-electron chi connectivity index (χ2n) is 4.41. The first-order chi connectivity index (χ1) is 10.0. The first-order valence-corrected chi connectivity index (χ1v) is 6.82. The number of benzene rings is 1. The molecule has 0 fully saturated rings. The monoisotopic (exact) mass is 292 g/mol. The zero-order valence-corrected chi connectivity index (χ0v) is 12.5. The Hall–Kier alpha value is -2.30. The van der Waals surface area contributed by atoms with E-state index < -0.39 is 11.8 Å². The van der Waals surface area contributed by atoms with E-state index in [4.69, 9.17) is 4.74 Å². The molecule has 0 atom stereocenters. The Morgan fingerprint density at radius 3 is 2.57 bits per heavy atom. The summed E-state index contributed by atoms with van der Waals surface area (Å²) >= 11 is 0. The summed E-state index contributed by atoms with van der Waals surface area (Å²) in [5.74, 6) is -1.46. The highest BCUT2D eigenvalue weighted by atomic mass is 16.5. The van der Waals surface area contributed by atoms with Gasteiger partial charge in [0.2, 0.25) is 0 Å². The van der Waals surface area contributed by atoms with Gasteiger partial charge < -0.3 is 14.6 Å². The molecule has 0 aliphatic carbocycles. The smallest absolute Gasteiger partial charge is 0.378 e. The Bertz CT molecular complexity index is 546. The van der Waals surface area contributed by atoms with E-state index in [1.165, 1.54) is 0 Å². The summed E-state index contributed by atoms with van der Waals surface area (Å²) in [6, 6.07) is 5.20. The van der Waals surface area contributed by atoms with Gasteiger partial charge in [-0.05, 0) is 36.6 Å². The van der Waals surface area contributed by atoms with Crippen LogP contribution in [0.5, 0.6) is 5.75 Å². The Labute approximate surface area is 124 Å². The van der Waals surface area contributed by atoms with Crippen molar-refractivity contribution in [1.29, 1.82) is 0 Å². The van der Waals surface area contributed by atoms with Gasteiger partial charge in [0.1, 0.15) is 11.5 Å². The topological polar surface area (TPSA) is 72.8 Å². The number of methoxy groups -OCH3 is 1. The van der Waals surface area contributed by atoms with Crippen molar-refractivity contribution in [3.63, 3.8) is 0 Å². The maximum atomic E-state index is 11.4. The molecule has 0 saturated heterocycles. The normalized spacial score (nSPS) is 11.1. The van der Waals surface area contributed by atoms with Crippen LogP contribution in [0.25, 0.3) is 5.76 Å². The maximum absolute atomic E-state index is 11.4. The molecule has 1 aromatic carbocycles. The largest absolute Gasteiger partial charge is 0.507 e. The van der Waals surface area contributed by atoms with E-state index in [9.17, 15) is 14.7 Å². The third-order valence-electron chi connectivity index (χ3n) is 2.86. The van der Waals surface area contributed by atoms with Gasteiger partial charge in [0, 0.05) is 11.6 Å². The zero-order valence-electron chi connectivity index (χ0n) is 12.5. The van der Waals surface area contributed by atoms with E-state index in [-0.39, 0.29) is 5.76 Å². The van der Waals surface area contributed by atoms with Crippen molar-refractivity contribution in [2.45, 2.75) is 26.7 Å². The van der Waals surface area contributed by atoms with Crippen molar-refractivity contribution in [2.24, 2.45) is 0 Å². The van der Waals surface area contributed by atoms with Crippen LogP contribution in [0.2, 0.25) is 0 Å². The first-order valence-electron chi connectivity index (χ1n) is 6.82. The summed E-state index contributed by atoms with van der Waals surface area (Å²) in [5.41, 5.74) is 1.33. The average molecular weight is 292 g/mol. The number of ether oxygens (including phenoxy) is 2. The molecule has 21 heavy (non-hydrogen) atoms. The summed E-state index contributed by atoms with van der Waals surface area (Å²) in [6.07, 6.45) is 2.43. The molecule has 0 amide bonds. The molecule has 114 valence electrons. The van der Waals surface area contributed by atoms with Crippen LogP contribution in [0.15, 0.2) is 24.3 Å². The predicted molar refractivity (Wildman–Crippen MR) is 79.2 cm³/mol. The number of hydrogen-bond donors (Lipinski definition) is 1. The molecule has 0 radical (unpaired) electrons. The van der Waals surface area contributed by atoms with Gasteiger partial charge in [0.05, 0.1) is 13.7 Å². The first kappa shape index (κ1) is 16.8. The fourth-order valence-electron chi connectivity index (χ4n) is 1.78. The molecule has 0 aliphatic rings. The highest BCUT2D eigenvalue weighted by Gasteiger charge is 2.14. The lowest BCUT2D eigenvalue weighted by atomic mass is 10.0. The number of aryl methyl sites for hydroxylation is 1. The molecule has 1 rings (SSSR count). The van der Waals surface area contributed by atoms with Gasteiger partial charge in [-0.2, -0.15) is 0 Å². The standard InChI is InChI=1S/C16H20O5/c1-4-8-21-12-6-7-13(11(5-2)9-12)14(17)10-15(18)16(19)20-3/h6-7,9-10,17H,4-5,8H2,1-3H3/b14-10-. The fourth-order valence-corrected chi connectivity index (χ4v) is 1.78. The Morgan fingerprint density at radius 1 is 1.29 bits per heavy atom. The van der Waals surface area contributed by atoms with Gasteiger partial charge in [0.25, 0.3) is 5.78 Å². The summed E-state index contributed by atoms with van der Waals surface area (Å²) in [6.45, 7) is 4.56. The van der Waals surface area contributed by atoms with Gasteiger partial charge in [0.15, 0.2) is 0 Å². The van der Waals surface area contributed by atoms with Crippen LogP contribution >= 0.6 is 0 Å². The van der Waals surface area contributed by atoms with Crippen LogP contribution in [0.3, 0.4) is 0 Å². The summed E-state index contributed by atoms with van der Waals surface area (Å²) in [7, 11) is 1.11. The van der Waals surface area contributed by atoms with E-state index in [2.05, 4.69) is 4.74 Å². The lowest BCUT2D eigenvalue weighted by Gasteiger charge is -2.11. The fraction of sp³-hybridized carbons (Fsp3) is 0.375. The molecule has 0 spiro atoms. The van der Waals surface area contributed by atoms with Crippen LogP contribution in [0.1, 0.15) is 31.4 Å². The van der Waals surface area contributed by atoms with Crippen LogP contribution in [0, 0.1) is 0 Å². The number of aliphatic hydroxyl groups is 1. The molecule has 0 aromatic heterocycles. The molecule has 5 nitrogen and oxygen atoms in total. The van der Waals surface area contributed by atoms with Crippen molar-refractivity contribution in [3.05, 3.63) is 35.4 Å². The van der Waals surface area contributed by atoms with Gasteiger partial charge in [-0.3, -0.25) is 4.79 Å². The van der Waals surface area contributed by atoms with Crippen LogP contribution < -0.4 is 4.74 Å². The van der Waals surface area contributed by atoms with Gasteiger partial charge in [-0.1, -0.05) is 13.8 Å². The van der Waals surface area contributed by atoms with Crippen molar-refractivity contribution < 1.29 is 24.2 Å². The SMILES string of the molecule is CCCOc1ccc(/C(O)=C/C(=O)C(=O)OC)c(CC)c1. The summed E-state index contributed by atoms with van der Waals surface area (Å²) in [5, 5.41) is 10.0.